The summed E-state index contributed by atoms with van der Waals surface area (Å²) >= 11 is 0. The number of hydrogen-bond donors (Lipinski definition) is 0. The van der Waals surface area contributed by atoms with Crippen LogP contribution in [-0.2, 0) is 12.7 Å². The molecular formula is C6H2F5N3O2. The van der Waals surface area contributed by atoms with Crippen molar-refractivity contribution in [1.82, 2.24) is 9.97 Å². The molecule has 1 heterocycles. The first-order valence-electron chi connectivity index (χ1n) is 3.62. The summed E-state index contributed by atoms with van der Waals surface area (Å²) in [5, 5.41) is 9.95. The van der Waals surface area contributed by atoms with E-state index in [1.807, 2.05) is 0 Å². The number of halogens is 5. The van der Waals surface area contributed by atoms with Gasteiger partial charge in [0.2, 0.25) is 11.6 Å². The zero-order valence-corrected chi connectivity index (χ0v) is 7.26. The molecule has 88 valence electrons. The van der Waals surface area contributed by atoms with Crippen molar-refractivity contribution in [2.75, 3.05) is 0 Å². The maximum Gasteiger partial charge on any atom is 0.436 e. The molecule has 5 nitrogen and oxygen atoms in total. The molecule has 0 atom stereocenters. The van der Waals surface area contributed by atoms with Crippen molar-refractivity contribution >= 4 is 0 Å². The van der Waals surface area contributed by atoms with Crippen molar-refractivity contribution in [3.63, 3.8) is 0 Å². The van der Waals surface area contributed by atoms with Crippen LogP contribution in [0.2, 0.25) is 0 Å². The Labute approximate surface area is 84.1 Å². The van der Waals surface area contributed by atoms with Gasteiger partial charge in [-0.15, -0.1) is 0 Å². The van der Waals surface area contributed by atoms with Gasteiger partial charge in [-0.05, 0) is 0 Å². The van der Waals surface area contributed by atoms with E-state index in [0.29, 0.717) is 0 Å². The first-order valence-corrected chi connectivity index (χ1v) is 3.62. The predicted molar refractivity (Wildman–Crippen MR) is 37.6 cm³/mol. The zero-order valence-electron chi connectivity index (χ0n) is 7.26. The lowest BCUT2D eigenvalue weighted by Crippen LogP contribution is -2.17. The van der Waals surface area contributed by atoms with Crippen molar-refractivity contribution in [2.45, 2.75) is 12.7 Å². The number of hydrogen-bond acceptors (Lipinski definition) is 4. The van der Waals surface area contributed by atoms with E-state index in [1.165, 1.54) is 0 Å². The number of aromatic nitrogens is 2. The van der Waals surface area contributed by atoms with Gasteiger partial charge in [0.25, 0.3) is 12.5 Å². The summed E-state index contributed by atoms with van der Waals surface area (Å²) in [5.41, 5.74) is -2.16. The van der Waals surface area contributed by atoms with E-state index in [4.69, 9.17) is 0 Å². The second-order valence-electron chi connectivity index (χ2n) is 2.58. The van der Waals surface area contributed by atoms with E-state index in [0.717, 1.165) is 0 Å². The van der Waals surface area contributed by atoms with Crippen LogP contribution in [0.1, 0.15) is 11.5 Å². The molecule has 0 saturated carbocycles. The minimum atomic E-state index is -5.24. The second-order valence-corrected chi connectivity index (χ2v) is 2.58. The lowest BCUT2D eigenvalue weighted by molar-refractivity contribution is -0.498. The summed E-state index contributed by atoms with van der Waals surface area (Å²) in [7, 11) is 0. The topological polar surface area (TPSA) is 68.9 Å². The fourth-order valence-corrected chi connectivity index (χ4v) is 0.837. The van der Waals surface area contributed by atoms with Crippen LogP contribution in [0.5, 0.6) is 0 Å². The molecule has 0 spiro atoms. The van der Waals surface area contributed by atoms with Crippen LogP contribution >= 0.6 is 0 Å². The summed E-state index contributed by atoms with van der Waals surface area (Å²) in [6.45, 7) is -1.22. The van der Waals surface area contributed by atoms with Crippen molar-refractivity contribution in [3.8, 4) is 0 Å². The standard InChI is InChI=1S/C6H2F5N3O2/c7-3-4(6(9,10)11)12-2(1-14(15)16)13-5(3)8/h1H2. The molecule has 1 aromatic rings. The van der Waals surface area contributed by atoms with Gasteiger partial charge in [-0.25, -0.2) is 4.98 Å². The molecule has 16 heavy (non-hydrogen) atoms. The van der Waals surface area contributed by atoms with Gasteiger partial charge in [0, 0.05) is 4.92 Å². The summed E-state index contributed by atoms with van der Waals surface area (Å²) in [6, 6.07) is 0. The Kier molecular flexibility index (Phi) is 3.01. The maximum atomic E-state index is 12.6. The summed E-state index contributed by atoms with van der Waals surface area (Å²) in [5.74, 6) is -5.39. The van der Waals surface area contributed by atoms with Gasteiger partial charge in [0.15, 0.2) is 5.69 Å². The SMILES string of the molecule is O=[N+]([O-])Cc1nc(F)c(F)c(C(F)(F)F)n1. The highest BCUT2D eigenvalue weighted by Crippen LogP contribution is 2.30. The third kappa shape index (κ3) is 2.58. The largest absolute Gasteiger partial charge is 0.436 e. The van der Waals surface area contributed by atoms with E-state index in [1.54, 1.807) is 0 Å². The highest BCUT2D eigenvalue weighted by atomic mass is 19.4. The van der Waals surface area contributed by atoms with Crippen molar-refractivity contribution < 1.29 is 26.9 Å². The van der Waals surface area contributed by atoms with Gasteiger partial charge >= 0.3 is 6.18 Å². The fourth-order valence-electron chi connectivity index (χ4n) is 0.837. The van der Waals surface area contributed by atoms with Crippen molar-refractivity contribution in [1.29, 1.82) is 0 Å². The predicted octanol–water partition coefficient (Wildman–Crippen LogP) is 1.55. The highest BCUT2D eigenvalue weighted by molar-refractivity contribution is 5.10. The molecular weight excluding hydrogens is 241 g/mol. The molecule has 0 aliphatic heterocycles. The Morgan fingerprint density at radius 3 is 2.25 bits per heavy atom. The van der Waals surface area contributed by atoms with Crippen LogP contribution in [0.4, 0.5) is 22.0 Å². The molecule has 10 heteroatoms. The summed E-state index contributed by atoms with van der Waals surface area (Å²) < 4.78 is 61.4. The molecule has 0 aliphatic carbocycles. The van der Waals surface area contributed by atoms with Gasteiger partial charge in [-0.2, -0.15) is 26.9 Å². The van der Waals surface area contributed by atoms with Gasteiger partial charge in [0.1, 0.15) is 0 Å². The van der Waals surface area contributed by atoms with Crippen molar-refractivity contribution in [2.24, 2.45) is 0 Å². The Morgan fingerprint density at radius 1 is 1.25 bits per heavy atom. The van der Waals surface area contributed by atoms with E-state index < -0.39 is 40.9 Å². The number of nitro groups is 1. The normalized spacial score (nSPS) is 11.6. The third-order valence-electron chi connectivity index (χ3n) is 1.40. The minimum absolute atomic E-state index is 1.05. The molecule has 0 radical (unpaired) electrons. The Morgan fingerprint density at radius 2 is 1.81 bits per heavy atom. The molecule has 1 aromatic heterocycles. The zero-order chi connectivity index (χ0) is 12.5. The van der Waals surface area contributed by atoms with Crippen LogP contribution < -0.4 is 0 Å². The molecule has 0 amide bonds. The van der Waals surface area contributed by atoms with Crippen LogP contribution in [0.15, 0.2) is 0 Å². The third-order valence-corrected chi connectivity index (χ3v) is 1.40. The molecule has 1 rings (SSSR count). The number of alkyl halides is 3. The Balaban J connectivity index is 3.28. The van der Waals surface area contributed by atoms with Gasteiger partial charge in [-0.3, -0.25) is 10.1 Å². The maximum absolute atomic E-state index is 12.6. The summed E-state index contributed by atoms with van der Waals surface area (Å²) in [6.07, 6.45) is -5.24. The van der Waals surface area contributed by atoms with Gasteiger partial charge in [0.05, 0.1) is 0 Å². The quantitative estimate of drug-likeness (QED) is 0.342. The monoisotopic (exact) mass is 243 g/mol. The van der Waals surface area contributed by atoms with Crippen LogP contribution in [0.25, 0.3) is 0 Å². The average Bonchev–Trinajstić information content (AvgIpc) is 2.08. The van der Waals surface area contributed by atoms with E-state index in [-0.39, 0.29) is 0 Å². The van der Waals surface area contributed by atoms with Crippen LogP contribution in [0, 0.1) is 21.9 Å². The lowest BCUT2D eigenvalue weighted by atomic mass is 10.3. The first kappa shape index (κ1) is 12.2. The molecule has 0 bridgehead atoms. The van der Waals surface area contributed by atoms with Crippen molar-refractivity contribution in [3.05, 3.63) is 33.4 Å². The summed E-state index contributed by atoms with van der Waals surface area (Å²) in [4.78, 5) is 14.0. The van der Waals surface area contributed by atoms with E-state index >= 15 is 0 Å². The van der Waals surface area contributed by atoms with E-state index in [9.17, 15) is 32.1 Å². The first-order chi connectivity index (χ1) is 7.21. The van der Waals surface area contributed by atoms with Crippen LogP contribution in [-0.4, -0.2) is 14.9 Å². The number of nitrogens with zero attached hydrogens (tertiary/aromatic N) is 3. The lowest BCUT2D eigenvalue weighted by Gasteiger charge is -2.07. The second kappa shape index (κ2) is 3.94. The Bertz CT molecular complexity index is 433. The highest BCUT2D eigenvalue weighted by Gasteiger charge is 2.39. The molecule has 0 saturated heterocycles. The molecule has 0 aromatic carbocycles. The molecule has 0 aliphatic rings. The molecule has 0 N–H and O–H groups in total. The smallest absolute Gasteiger partial charge is 0.264 e. The average molecular weight is 243 g/mol. The van der Waals surface area contributed by atoms with Gasteiger partial charge < -0.3 is 0 Å². The Hall–Kier alpha value is -1.87. The molecule has 0 unspecified atom stereocenters. The molecule has 0 fully saturated rings. The number of rotatable bonds is 2. The minimum Gasteiger partial charge on any atom is -0.264 e. The van der Waals surface area contributed by atoms with Crippen LogP contribution in [0.3, 0.4) is 0 Å². The van der Waals surface area contributed by atoms with Gasteiger partial charge in [-0.1, -0.05) is 0 Å². The fraction of sp³-hybridized carbons (Fsp3) is 0.333. The van der Waals surface area contributed by atoms with E-state index in [2.05, 4.69) is 9.97 Å².